The molecule has 0 heterocycles. The van der Waals surface area contributed by atoms with Gasteiger partial charge in [0.2, 0.25) is 0 Å². The molecule has 1 atom stereocenters. The summed E-state index contributed by atoms with van der Waals surface area (Å²) in [6, 6.07) is 0. The third kappa shape index (κ3) is 38.2. The van der Waals surface area contributed by atoms with Crippen molar-refractivity contribution in [1.29, 1.82) is 0 Å². The van der Waals surface area contributed by atoms with Gasteiger partial charge in [-0.15, -0.1) is 0 Å². The van der Waals surface area contributed by atoms with Gasteiger partial charge in [-0.1, -0.05) is 206 Å². The summed E-state index contributed by atoms with van der Waals surface area (Å²) in [5.41, 5.74) is 0. The van der Waals surface area contributed by atoms with Gasteiger partial charge in [-0.2, -0.15) is 0 Å². The van der Waals surface area contributed by atoms with Crippen LogP contribution in [0.1, 0.15) is 226 Å². The highest BCUT2D eigenvalue weighted by Crippen LogP contribution is 2.15. The Labute approximate surface area is 324 Å². The fourth-order valence-corrected chi connectivity index (χ4v) is 6.94. The first kappa shape index (κ1) is 50.5. The molecule has 0 fully saturated rings. The summed E-state index contributed by atoms with van der Waals surface area (Å²) in [6.45, 7) is 9.48. The second-order valence-corrected chi connectivity index (χ2v) is 16.5. The topological polar surface area (TPSA) is 76.7 Å². The van der Waals surface area contributed by atoms with Crippen molar-refractivity contribution in [1.82, 2.24) is 10.6 Å². The number of alkyl carbamates (subject to hydrolysis) is 2. The molecule has 0 aliphatic heterocycles. The molecule has 0 aliphatic carbocycles. The molecule has 2 N–H and O–H groups in total. The van der Waals surface area contributed by atoms with E-state index in [0.29, 0.717) is 24.1 Å². The first-order valence-corrected chi connectivity index (χ1v) is 23.0. The van der Waals surface area contributed by atoms with Crippen LogP contribution in [0.4, 0.5) is 9.59 Å². The summed E-state index contributed by atoms with van der Waals surface area (Å²) in [6.07, 6.45) is 41.3. The van der Waals surface area contributed by atoms with Gasteiger partial charge in [0.1, 0.15) is 13.2 Å². The highest BCUT2D eigenvalue weighted by Gasteiger charge is 2.25. The summed E-state index contributed by atoms with van der Waals surface area (Å²) < 4.78 is 11.9. The van der Waals surface area contributed by atoms with Gasteiger partial charge in [-0.05, 0) is 19.8 Å². The van der Waals surface area contributed by atoms with Gasteiger partial charge in [-0.25, -0.2) is 9.59 Å². The molecule has 7 nitrogen and oxygen atoms in total. The monoisotopic (exact) mass is 739 g/mol. The van der Waals surface area contributed by atoms with Gasteiger partial charge in [-0.3, -0.25) is 0 Å². The number of hydrogen-bond donors (Lipinski definition) is 2. The maximum absolute atomic E-state index is 12.6. The second-order valence-electron chi connectivity index (χ2n) is 16.5. The number of nitrogens with zero attached hydrogens (tertiary/aromatic N) is 1. The van der Waals surface area contributed by atoms with Crippen molar-refractivity contribution in [3.63, 3.8) is 0 Å². The lowest BCUT2D eigenvalue weighted by Crippen LogP contribution is -2.49. The molecule has 0 saturated heterocycles. The van der Waals surface area contributed by atoms with Crippen molar-refractivity contribution < 1.29 is 23.5 Å². The third-order valence-electron chi connectivity index (χ3n) is 10.8. The predicted molar refractivity (Wildman–Crippen MR) is 224 cm³/mol. The van der Waals surface area contributed by atoms with Crippen LogP contribution >= 0.6 is 0 Å². The van der Waals surface area contributed by atoms with Gasteiger partial charge in [0.05, 0.1) is 20.6 Å². The van der Waals surface area contributed by atoms with Crippen LogP contribution in [-0.4, -0.2) is 69.7 Å². The zero-order valence-corrected chi connectivity index (χ0v) is 35.8. The number of ether oxygens (including phenoxy) is 2. The number of carbonyl (C=O) groups excluding carboxylic acids is 2. The van der Waals surface area contributed by atoms with Gasteiger partial charge >= 0.3 is 12.2 Å². The molecule has 0 radical (unpaired) electrons. The molecule has 0 rings (SSSR count). The number of unbranched alkanes of at least 4 members (excludes halogenated alkanes) is 30. The van der Waals surface area contributed by atoms with Crippen LogP contribution in [0.25, 0.3) is 0 Å². The van der Waals surface area contributed by atoms with Crippen molar-refractivity contribution in [3.05, 3.63) is 0 Å². The van der Waals surface area contributed by atoms with E-state index < -0.39 is 18.3 Å². The first-order valence-electron chi connectivity index (χ1n) is 23.0. The Hall–Kier alpha value is -1.50. The van der Waals surface area contributed by atoms with Crippen LogP contribution in [0.5, 0.6) is 0 Å². The smallest absolute Gasteiger partial charge is 0.407 e. The van der Waals surface area contributed by atoms with E-state index in [9.17, 15) is 9.59 Å². The van der Waals surface area contributed by atoms with Gasteiger partial charge in [0, 0.05) is 13.1 Å². The number of nitrogens with one attached hydrogen (secondary N) is 2. The number of likely N-dealkylation sites (N-methyl/N-ethyl adjacent to an activating group) is 1. The lowest BCUT2D eigenvalue weighted by atomic mass is 10.0. The second kappa shape index (κ2) is 39.2. The zero-order valence-electron chi connectivity index (χ0n) is 35.8. The molecule has 0 spiro atoms. The minimum absolute atomic E-state index is 0.0684. The van der Waals surface area contributed by atoms with E-state index in [1.807, 2.05) is 0 Å². The van der Waals surface area contributed by atoms with Crippen LogP contribution in [0.2, 0.25) is 0 Å². The SMILES string of the molecule is CCCCCCCCCCCCCCCCCCNC(=O)OCC(C[N+](C)(C)CC)OC(=O)NCCCCCCCCCCCCCCCCCC. The quantitative estimate of drug-likeness (QED) is 0.0485. The third-order valence-corrected chi connectivity index (χ3v) is 10.8. The fourth-order valence-electron chi connectivity index (χ4n) is 6.94. The number of amides is 2. The first-order chi connectivity index (χ1) is 25.3. The summed E-state index contributed by atoms with van der Waals surface area (Å²) in [5, 5.41) is 5.80. The number of carbonyl (C=O) groups is 2. The van der Waals surface area contributed by atoms with Crippen molar-refractivity contribution in [3.8, 4) is 0 Å². The molecule has 0 aromatic rings. The van der Waals surface area contributed by atoms with E-state index in [1.54, 1.807) is 0 Å². The van der Waals surface area contributed by atoms with Crippen molar-refractivity contribution in [2.75, 3.05) is 46.9 Å². The molecule has 0 bridgehead atoms. The summed E-state index contributed by atoms with van der Waals surface area (Å²) in [4.78, 5) is 25.0. The standard InChI is InChI=1S/C45H91N3O4/c1-6-9-11-13-15-17-19-21-23-25-27-29-31-33-35-37-39-46-44(49)51-42-43(41-48(4,5)8-3)52-45(50)47-40-38-36-34-32-30-28-26-24-22-20-18-16-14-12-10-7-2/h43H,6-42H2,1-5H3,(H-,46,47,49,50)/p+1. The Morgan fingerprint density at radius 1 is 0.442 bits per heavy atom. The van der Waals surface area contributed by atoms with Gasteiger partial charge in [0.25, 0.3) is 0 Å². The Morgan fingerprint density at radius 3 is 1.04 bits per heavy atom. The zero-order chi connectivity index (χ0) is 38.2. The van der Waals surface area contributed by atoms with Crippen molar-refractivity contribution in [2.45, 2.75) is 232 Å². The van der Waals surface area contributed by atoms with Crippen molar-refractivity contribution in [2.24, 2.45) is 0 Å². The average molecular weight is 739 g/mol. The van der Waals surface area contributed by atoms with Crippen LogP contribution in [0.3, 0.4) is 0 Å². The molecule has 52 heavy (non-hydrogen) atoms. The maximum atomic E-state index is 12.6. The van der Waals surface area contributed by atoms with Gasteiger partial charge in [0.15, 0.2) is 6.10 Å². The largest absolute Gasteiger partial charge is 0.445 e. The number of rotatable bonds is 40. The molecule has 310 valence electrons. The van der Waals surface area contributed by atoms with Crippen LogP contribution in [-0.2, 0) is 9.47 Å². The molecule has 2 amide bonds. The van der Waals surface area contributed by atoms with Gasteiger partial charge < -0.3 is 24.6 Å². The van der Waals surface area contributed by atoms with Crippen LogP contribution in [0, 0.1) is 0 Å². The molecular formula is C45H92N3O4+. The molecule has 0 aromatic heterocycles. The van der Waals surface area contributed by atoms with E-state index in [1.165, 1.54) is 180 Å². The lowest BCUT2D eigenvalue weighted by Gasteiger charge is -2.31. The Bertz CT molecular complexity index is 763. The van der Waals surface area contributed by atoms with E-state index in [2.05, 4.69) is 45.5 Å². The van der Waals surface area contributed by atoms with E-state index >= 15 is 0 Å². The molecule has 0 aliphatic rings. The average Bonchev–Trinajstić information content (AvgIpc) is 3.13. The summed E-state index contributed by atoms with van der Waals surface area (Å²) >= 11 is 0. The van der Waals surface area contributed by atoms with Crippen LogP contribution < -0.4 is 10.6 Å². The van der Waals surface area contributed by atoms with Crippen LogP contribution in [0.15, 0.2) is 0 Å². The lowest BCUT2D eigenvalue weighted by molar-refractivity contribution is -0.891. The molecule has 1 unspecified atom stereocenters. The minimum atomic E-state index is -0.484. The number of quaternary nitrogens is 1. The van der Waals surface area contributed by atoms with E-state index in [4.69, 9.17) is 9.47 Å². The van der Waals surface area contributed by atoms with Crippen molar-refractivity contribution >= 4 is 12.2 Å². The highest BCUT2D eigenvalue weighted by molar-refractivity contribution is 5.68. The Kier molecular flexibility index (Phi) is 38.1. The number of hydrogen-bond acceptors (Lipinski definition) is 4. The summed E-state index contributed by atoms with van der Waals surface area (Å²) in [5.74, 6) is 0. The maximum Gasteiger partial charge on any atom is 0.407 e. The Morgan fingerprint density at radius 2 is 0.731 bits per heavy atom. The normalized spacial score (nSPS) is 12.2. The minimum Gasteiger partial charge on any atom is -0.445 e. The predicted octanol–water partition coefficient (Wildman–Crippen LogP) is 13.4. The highest BCUT2D eigenvalue weighted by atomic mass is 16.6. The Balaban J connectivity index is 3.84. The molecular weight excluding hydrogens is 647 g/mol. The summed E-state index contributed by atoms with van der Waals surface area (Å²) in [7, 11) is 4.20. The fraction of sp³-hybridized carbons (Fsp3) is 0.956. The van der Waals surface area contributed by atoms with E-state index in [0.717, 1.165) is 32.2 Å². The molecule has 0 aromatic carbocycles. The molecule has 7 heteroatoms. The molecule has 0 saturated carbocycles. The van der Waals surface area contributed by atoms with E-state index in [-0.39, 0.29) is 6.61 Å².